The van der Waals surface area contributed by atoms with E-state index in [0.717, 1.165) is 12.0 Å². The van der Waals surface area contributed by atoms with E-state index in [1.165, 1.54) is 23.8 Å². The molecular weight excluding hydrogens is 512 g/mol. The third-order valence-electron chi connectivity index (χ3n) is 8.64. The summed E-state index contributed by atoms with van der Waals surface area (Å²) in [6.07, 6.45) is 5.57. The highest BCUT2D eigenvalue weighted by atomic mass is 19.1. The maximum atomic E-state index is 14.6. The Bertz CT molecular complexity index is 1540. The first-order valence-electron chi connectivity index (χ1n) is 13.6. The molecule has 0 radical (unpaired) electrons. The number of carbonyl (C=O) groups excluding carboxylic acids is 2. The molecule has 4 heterocycles. The second-order valence-corrected chi connectivity index (χ2v) is 11.9. The second-order valence-electron chi connectivity index (χ2n) is 11.9. The number of fused-ring (bicyclic) bond motifs is 1. The highest BCUT2D eigenvalue weighted by Crippen LogP contribution is 2.54. The van der Waals surface area contributed by atoms with Gasteiger partial charge in [-0.25, -0.2) is 13.8 Å². The van der Waals surface area contributed by atoms with Crippen LogP contribution in [0.1, 0.15) is 66.5 Å². The van der Waals surface area contributed by atoms with Gasteiger partial charge in [-0.05, 0) is 60.6 Å². The van der Waals surface area contributed by atoms with Gasteiger partial charge in [0.15, 0.2) is 5.78 Å². The van der Waals surface area contributed by atoms with Crippen LogP contribution >= 0.6 is 0 Å². The van der Waals surface area contributed by atoms with E-state index in [1.54, 1.807) is 12.3 Å². The standard InChI is InChI=1S/C32H31F2N3O3/c1-31(2)17-32(3,29(38)28(31)18-9-11-40-12-10-18)20-7-8-21(35-15-20)13-19-14-24(27-22(33)5-4-6-23(27)34)37-25-16-36-30(39)26(19)25/h4-9,14-15,28H,10-13,16-17H2,1-3H3,(H,36,39). The molecule has 40 heavy (non-hydrogen) atoms. The summed E-state index contributed by atoms with van der Waals surface area (Å²) >= 11 is 0. The maximum absolute atomic E-state index is 14.6. The van der Waals surface area contributed by atoms with Crippen LogP contribution in [0.4, 0.5) is 8.78 Å². The van der Waals surface area contributed by atoms with Crippen molar-refractivity contribution in [3.63, 3.8) is 0 Å². The van der Waals surface area contributed by atoms with Crippen molar-refractivity contribution in [1.29, 1.82) is 0 Å². The quantitative estimate of drug-likeness (QED) is 0.432. The molecule has 1 N–H and O–H groups in total. The number of halogens is 2. The molecule has 6 nitrogen and oxygen atoms in total. The van der Waals surface area contributed by atoms with Crippen molar-refractivity contribution in [2.24, 2.45) is 11.3 Å². The number of aromatic nitrogens is 2. The second kappa shape index (κ2) is 9.70. The Balaban J connectivity index is 1.32. The lowest BCUT2D eigenvalue weighted by Crippen LogP contribution is -2.32. The van der Waals surface area contributed by atoms with Gasteiger partial charge in [-0.3, -0.25) is 14.6 Å². The summed E-state index contributed by atoms with van der Waals surface area (Å²) in [6.45, 7) is 7.69. The smallest absolute Gasteiger partial charge is 0.253 e. The molecule has 0 spiro atoms. The molecule has 2 unspecified atom stereocenters. The summed E-state index contributed by atoms with van der Waals surface area (Å²) in [5.41, 5.74) is 3.20. The molecule has 3 aromatic rings. The predicted octanol–water partition coefficient (Wildman–Crippen LogP) is 5.48. The number of rotatable bonds is 5. The molecule has 1 saturated carbocycles. The van der Waals surface area contributed by atoms with Crippen molar-refractivity contribution >= 4 is 11.7 Å². The maximum Gasteiger partial charge on any atom is 0.253 e. The number of hydrogen-bond donors (Lipinski definition) is 1. The molecule has 8 heteroatoms. The van der Waals surface area contributed by atoms with Crippen LogP contribution in [0.3, 0.4) is 0 Å². The SMILES string of the molecule is CC1(c2ccc(Cc3cc(-c4c(F)cccc4F)nc4c3C(=O)NC4)nc2)CC(C)(C)C(C2=CCOCC2)C1=O. The van der Waals surface area contributed by atoms with Crippen molar-refractivity contribution < 1.29 is 23.1 Å². The minimum atomic E-state index is -0.717. The number of benzene rings is 1. The van der Waals surface area contributed by atoms with Crippen molar-refractivity contribution in [2.45, 2.75) is 52.0 Å². The van der Waals surface area contributed by atoms with Crippen LogP contribution in [0.15, 0.2) is 54.2 Å². The van der Waals surface area contributed by atoms with Crippen molar-refractivity contribution in [3.8, 4) is 11.3 Å². The molecule has 6 rings (SSSR count). The fraction of sp³-hybridized carbons (Fsp3) is 0.375. The average Bonchev–Trinajstić information content (AvgIpc) is 3.38. The molecule has 2 aromatic heterocycles. The van der Waals surface area contributed by atoms with Crippen LogP contribution < -0.4 is 5.32 Å². The van der Waals surface area contributed by atoms with E-state index in [1.807, 2.05) is 19.1 Å². The average molecular weight is 544 g/mol. The van der Waals surface area contributed by atoms with Crippen LogP contribution in [0.2, 0.25) is 0 Å². The molecule has 3 aliphatic rings. The highest BCUT2D eigenvalue weighted by Gasteiger charge is 2.56. The van der Waals surface area contributed by atoms with Gasteiger partial charge >= 0.3 is 0 Å². The predicted molar refractivity (Wildman–Crippen MR) is 146 cm³/mol. The molecule has 1 aromatic carbocycles. The number of hydrogen-bond acceptors (Lipinski definition) is 5. The summed E-state index contributed by atoms with van der Waals surface area (Å²) in [5.74, 6) is -1.65. The molecule has 1 aliphatic carbocycles. The number of nitrogens with one attached hydrogen (secondary N) is 1. The Morgan fingerprint density at radius 1 is 1.07 bits per heavy atom. The van der Waals surface area contributed by atoms with Gasteiger partial charge in [0.2, 0.25) is 0 Å². The van der Waals surface area contributed by atoms with Crippen molar-refractivity contribution in [3.05, 3.63) is 94.0 Å². The van der Waals surface area contributed by atoms with Gasteiger partial charge in [0.25, 0.3) is 5.91 Å². The molecule has 0 saturated heterocycles. The molecule has 2 atom stereocenters. The minimum Gasteiger partial charge on any atom is -0.377 e. The lowest BCUT2D eigenvalue weighted by molar-refractivity contribution is -0.124. The number of pyridine rings is 2. The number of ether oxygens (including phenoxy) is 1. The number of amides is 1. The van der Waals surface area contributed by atoms with Gasteiger partial charge in [-0.1, -0.05) is 37.6 Å². The van der Waals surface area contributed by atoms with E-state index in [2.05, 4.69) is 35.2 Å². The van der Waals surface area contributed by atoms with Gasteiger partial charge < -0.3 is 10.1 Å². The molecule has 206 valence electrons. The van der Waals surface area contributed by atoms with Gasteiger partial charge in [-0.15, -0.1) is 0 Å². The van der Waals surface area contributed by atoms with E-state index in [4.69, 9.17) is 4.74 Å². The van der Waals surface area contributed by atoms with Gasteiger partial charge in [0.05, 0.1) is 47.7 Å². The summed E-state index contributed by atoms with van der Waals surface area (Å²) < 4.78 is 34.6. The monoisotopic (exact) mass is 543 g/mol. The zero-order valence-corrected chi connectivity index (χ0v) is 22.8. The largest absolute Gasteiger partial charge is 0.377 e. The fourth-order valence-electron chi connectivity index (χ4n) is 6.87. The number of nitrogens with zero attached hydrogens (tertiary/aromatic N) is 2. The Morgan fingerprint density at radius 3 is 2.52 bits per heavy atom. The zero-order chi connectivity index (χ0) is 28.2. The van der Waals surface area contributed by atoms with Crippen LogP contribution in [-0.2, 0) is 27.9 Å². The third-order valence-corrected chi connectivity index (χ3v) is 8.64. The lowest BCUT2D eigenvalue weighted by atomic mass is 9.76. The van der Waals surface area contributed by atoms with E-state index >= 15 is 0 Å². The molecule has 1 fully saturated rings. The molecule has 2 aliphatic heterocycles. The van der Waals surface area contributed by atoms with Crippen LogP contribution in [0, 0.1) is 23.0 Å². The first kappa shape index (κ1) is 26.4. The van der Waals surface area contributed by atoms with E-state index in [0.29, 0.717) is 42.1 Å². The van der Waals surface area contributed by atoms with E-state index in [-0.39, 0.29) is 47.2 Å². The highest BCUT2D eigenvalue weighted by molar-refractivity contribution is 6.00. The van der Waals surface area contributed by atoms with Crippen molar-refractivity contribution in [1.82, 2.24) is 15.3 Å². The first-order valence-corrected chi connectivity index (χ1v) is 13.6. The third kappa shape index (κ3) is 4.35. The summed E-state index contributed by atoms with van der Waals surface area (Å²) in [7, 11) is 0. The molecule has 0 bridgehead atoms. The first-order chi connectivity index (χ1) is 19.1. The van der Waals surface area contributed by atoms with Gasteiger partial charge in [0.1, 0.15) is 11.6 Å². The molecule has 1 amide bonds. The summed E-state index contributed by atoms with van der Waals surface area (Å²) in [5, 5.41) is 2.75. The number of Topliss-reactive ketones (excluding diaryl/α,β-unsaturated/α-hetero) is 1. The van der Waals surface area contributed by atoms with Gasteiger partial charge in [-0.2, -0.15) is 0 Å². The number of ketones is 1. The van der Waals surface area contributed by atoms with Crippen LogP contribution in [0.25, 0.3) is 11.3 Å². The van der Waals surface area contributed by atoms with Crippen LogP contribution in [0.5, 0.6) is 0 Å². The number of carbonyl (C=O) groups is 2. The zero-order valence-electron chi connectivity index (χ0n) is 22.8. The van der Waals surface area contributed by atoms with Crippen LogP contribution in [-0.4, -0.2) is 34.9 Å². The molecular formula is C32H31F2N3O3. The summed E-state index contributed by atoms with van der Waals surface area (Å²) in [4.78, 5) is 35.6. The Hall–Kier alpha value is -3.78. The Kier molecular flexibility index (Phi) is 6.41. The van der Waals surface area contributed by atoms with E-state index < -0.39 is 17.0 Å². The van der Waals surface area contributed by atoms with Crippen molar-refractivity contribution in [2.75, 3.05) is 13.2 Å². The van der Waals surface area contributed by atoms with E-state index in [9.17, 15) is 18.4 Å². The fourth-order valence-corrected chi connectivity index (χ4v) is 6.87. The lowest BCUT2D eigenvalue weighted by Gasteiger charge is -2.29. The summed E-state index contributed by atoms with van der Waals surface area (Å²) in [6, 6.07) is 9.05. The topological polar surface area (TPSA) is 81.2 Å². The van der Waals surface area contributed by atoms with Gasteiger partial charge in [0, 0.05) is 24.2 Å². The minimum absolute atomic E-state index is 0.136. The Morgan fingerprint density at radius 2 is 1.85 bits per heavy atom. The Labute approximate surface area is 231 Å². The normalized spacial score (nSPS) is 23.6.